The van der Waals surface area contributed by atoms with Gasteiger partial charge in [0.15, 0.2) is 0 Å². The molecule has 0 aliphatic heterocycles. The van der Waals surface area contributed by atoms with Gasteiger partial charge in [0, 0.05) is 13.2 Å². The lowest BCUT2D eigenvalue weighted by atomic mass is 10.3. The Morgan fingerprint density at radius 3 is 2.82 bits per heavy atom. The van der Waals surface area contributed by atoms with Gasteiger partial charge in [-0.25, -0.2) is 4.98 Å². The minimum Gasteiger partial charge on any atom is -0.314 e. The van der Waals surface area contributed by atoms with Crippen LogP contribution in [0, 0.1) is 5.95 Å². The van der Waals surface area contributed by atoms with Crippen LogP contribution in [0.1, 0.15) is 5.56 Å². The molecule has 0 saturated carbocycles. The molecule has 0 fully saturated rings. The summed E-state index contributed by atoms with van der Waals surface area (Å²) in [6.45, 7) is 0.354. The second-order valence-electron chi connectivity index (χ2n) is 2.30. The molecule has 60 valence electrons. The van der Waals surface area contributed by atoms with Crippen LogP contribution in [0.3, 0.4) is 0 Å². The first-order valence-electron chi connectivity index (χ1n) is 3.19. The zero-order valence-electron chi connectivity index (χ0n) is 6.16. The first-order valence-corrected chi connectivity index (χ1v) is 3.19. The van der Waals surface area contributed by atoms with Gasteiger partial charge in [0.1, 0.15) is 0 Å². The van der Waals surface area contributed by atoms with Crippen molar-refractivity contribution in [2.24, 2.45) is 0 Å². The van der Waals surface area contributed by atoms with Gasteiger partial charge in [-0.15, -0.1) is 0 Å². The highest BCUT2D eigenvalue weighted by Gasteiger charge is 1.96. The van der Waals surface area contributed by atoms with Gasteiger partial charge in [0.25, 0.3) is 0 Å². The lowest BCUT2D eigenvalue weighted by Gasteiger charge is -2.06. The predicted octanol–water partition coefficient (Wildman–Crippen LogP) is 1.04. The SMILES string of the molecule is CN(O)Cc1ccc(F)nc1. The molecule has 0 saturated heterocycles. The molecule has 0 atom stereocenters. The van der Waals surface area contributed by atoms with Crippen molar-refractivity contribution in [3.05, 3.63) is 29.8 Å². The van der Waals surface area contributed by atoms with Gasteiger partial charge in [-0.05, 0) is 11.6 Å². The predicted molar refractivity (Wildman–Crippen MR) is 37.4 cm³/mol. The summed E-state index contributed by atoms with van der Waals surface area (Å²) in [7, 11) is 1.52. The molecule has 0 bridgehead atoms. The Kier molecular flexibility index (Phi) is 2.51. The summed E-state index contributed by atoms with van der Waals surface area (Å²) in [5.41, 5.74) is 0.774. The zero-order valence-corrected chi connectivity index (χ0v) is 6.16. The summed E-state index contributed by atoms with van der Waals surface area (Å²) >= 11 is 0. The number of hydrogen-bond donors (Lipinski definition) is 1. The van der Waals surface area contributed by atoms with E-state index in [1.54, 1.807) is 6.07 Å². The molecule has 0 radical (unpaired) electrons. The van der Waals surface area contributed by atoms with Crippen molar-refractivity contribution in [2.75, 3.05) is 7.05 Å². The third-order valence-corrected chi connectivity index (χ3v) is 1.20. The lowest BCUT2D eigenvalue weighted by Crippen LogP contribution is -2.11. The van der Waals surface area contributed by atoms with Gasteiger partial charge in [-0.1, -0.05) is 6.07 Å². The molecule has 1 aromatic rings. The number of nitrogens with zero attached hydrogens (tertiary/aromatic N) is 2. The monoisotopic (exact) mass is 156 g/mol. The van der Waals surface area contributed by atoms with Crippen LogP contribution in [-0.4, -0.2) is 22.3 Å². The fourth-order valence-electron chi connectivity index (χ4n) is 0.764. The van der Waals surface area contributed by atoms with E-state index in [4.69, 9.17) is 5.21 Å². The second kappa shape index (κ2) is 3.41. The molecule has 1 aromatic heterocycles. The quantitative estimate of drug-likeness (QED) is 0.513. The van der Waals surface area contributed by atoms with Gasteiger partial charge in [-0.3, -0.25) is 0 Å². The van der Waals surface area contributed by atoms with Gasteiger partial charge < -0.3 is 5.21 Å². The van der Waals surface area contributed by atoms with E-state index in [0.29, 0.717) is 6.54 Å². The maximum absolute atomic E-state index is 12.2. The Morgan fingerprint density at radius 2 is 2.36 bits per heavy atom. The normalized spacial score (nSPS) is 10.5. The minimum atomic E-state index is -0.505. The van der Waals surface area contributed by atoms with Crippen LogP contribution in [0.2, 0.25) is 0 Å². The van der Waals surface area contributed by atoms with E-state index in [-0.39, 0.29) is 0 Å². The molecular formula is C7H9FN2O. The fraction of sp³-hybridized carbons (Fsp3) is 0.286. The number of hydroxylamine groups is 2. The lowest BCUT2D eigenvalue weighted by molar-refractivity contribution is -0.0732. The topological polar surface area (TPSA) is 36.4 Å². The molecule has 0 spiro atoms. The first-order chi connectivity index (χ1) is 5.18. The molecule has 0 aliphatic carbocycles. The zero-order chi connectivity index (χ0) is 8.27. The van der Waals surface area contributed by atoms with Crippen molar-refractivity contribution in [3.63, 3.8) is 0 Å². The Morgan fingerprint density at radius 1 is 1.64 bits per heavy atom. The summed E-state index contributed by atoms with van der Waals surface area (Å²) in [4.78, 5) is 3.43. The van der Waals surface area contributed by atoms with Crippen LogP contribution in [0.5, 0.6) is 0 Å². The van der Waals surface area contributed by atoms with E-state index in [0.717, 1.165) is 10.6 Å². The first kappa shape index (κ1) is 8.10. The van der Waals surface area contributed by atoms with E-state index >= 15 is 0 Å². The summed E-state index contributed by atoms with van der Waals surface area (Å²) in [5.74, 6) is -0.505. The van der Waals surface area contributed by atoms with Crippen LogP contribution in [0.4, 0.5) is 4.39 Å². The smallest absolute Gasteiger partial charge is 0.212 e. The van der Waals surface area contributed by atoms with E-state index in [1.165, 1.54) is 19.3 Å². The van der Waals surface area contributed by atoms with Crippen molar-refractivity contribution in [2.45, 2.75) is 6.54 Å². The molecule has 4 heteroatoms. The van der Waals surface area contributed by atoms with E-state index in [2.05, 4.69) is 4.98 Å². The van der Waals surface area contributed by atoms with Gasteiger partial charge in [-0.2, -0.15) is 9.45 Å². The number of hydrogen-bond acceptors (Lipinski definition) is 3. The van der Waals surface area contributed by atoms with Crippen molar-refractivity contribution in [1.29, 1.82) is 0 Å². The van der Waals surface area contributed by atoms with E-state index in [9.17, 15) is 4.39 Å². The van der Waals surface area contributed by atoms with Crippen molar-refractivity contribution in [1.82, 2.24) is 10.0 Å². The molecule has 3 nitrogen and oxygen atoms in total. The molecule has 1 rings (SSSR count). The molecule has 0 amide bonds. The summed E-state index contributed by atoms with van der Waals surface area (Å²) < 4.78 is 12.2. The average Bonchev–Trinajstić information content (AvgIpc) is 1.93. The average molecular weight is 156 g/mol. The van der Waals surface area contributed by atoms with Crippen molar-refractivity contribution in [3.8, 4) is 0 Å². The summed E-state index contributed by atoms with van der Waals surface area (Å²) in [6, 6.07) is 2.84. The highest BCUT2D eigenvalue weighted by Crippen LogP contribution is 2.00. The minimum absolute atomic E-state index is 0.354. The van der Waals surface area contributed by atoms with Gasteiger partial charge >= 0.3 is 0 Å². The molecular weight excluding hydrogens is 147 g/mol. The van der Waals surface area contributed by atoms with Gasteiger partial charge in [0.05, 0.1) is 6.54 Å². The van der Waals surface area contributed by atoms with Crippen molar-refractivity contribution < 1.29 is 9.60 Å². The van der Waals surface area contributed by atoms with Crippen LogP contribution in [0.15, 0.2) is 18.3 Å². The highest BCUT2D eigenvalue weighted by atomic mass is 19.1. The number of halogens is 1. The summed E-state index contributed by atoms with van der Waals surface area (Å²) in [6.07, 6.45) is 1.39. The number of rotatable bonds is 2. The molecule has 0 aromatic carbocycles. The maximum Gasteiger partial charge on any atom is 0.212 e. The van der Waals surface area contributed by atoms with E-state index < -0.39 is 5.95 Å². The van der Waals surface area contributed by atoms with Crippen LogP contribution in [-0.2, 0) is 6.54 Å². The Hall–Kier alpha value is -1.00. The summed E-state index contributed by atoms with van der Waals surface area (Å²) in [5, 5.41) is 9.80. The maximum atomic E-state index is 12.2. The largest absolute Gasteiger partial charge is 0.314 e. The van der Waals surface area contributed by atoms with E-state index in [1.807, 2.05) is 0 Å². The van der Waals surface area contributed by atoms with Crippen molar-refractivity contribution >= 4 is 0 Å². The molecule has 1 N–H and O–H groups in total. The second-order valence-corrected chi connectivity index (χ2v) is 2.30. The number of aromatic nitrogens is 1. The molecule has 11 heavy (non-hydrogen) atoms. The Balaban J connectivity index is 2.66. The Bertz CT molecular complexity index is 222. The third-order valence-electron chi connectivity index (χ3n) is 1.20. The van der Waals surface area contributed by atoms with Crippen LogP contribution in [0.25, 0.3) is 0 Å². The highest BCUT2D eigenvalue weighted by molar-refractivity contribution is 5.08. The molecule has 1 heterocycles. The van der Waals surface area contributed by atoms with Gasteiger partial charge in [0.2, 0.25) is 5.95 Å². The Labute approximate surface area is 64.1 Å². The molecule has 0 aliphatic rings. The van der Waals surface area contributed by atoms with Crippen LogP contribution < -0.4 is 0 Å². The third kappa shape index (κ3) is 2.61. The fourth-order valence-corrected chi connectivity index (χ4v) is 0.764. The number of pyridine rings is 1. The van der Waals surface area contributed by atoms with Crippen LogP contribution >= 0.6 is 0 Å². The standard InChI is InChI=1S/C7H9FN2O/c1-10(11)5-6-2-3-7(8)9-4-6/h2-4,11H,5H2,1H3. The molecule has 0 unspecified atom stereocenters.